The lowest BCUT2D eigenvalue weighted by Gasteiger charge is -2.02. The number of unbranched alkanes of at least 4 members (excludes halogenated alkanes) is 13. The van der Waals surface area contributed by atoms with E-state index in [1.807, 2.05) is 0 Å². The normalized spacial score (nSPS) is 9.91. The average molecular weight is 327 g/mol. The van der Waals surface area contributed by atoms with Crippen LogP contribution in [0.15, 0.2) is 11.6 Å². The summed E-state index contributed by atoms with van der Waals surface area (Å²) in [6.07, 6.45) is 21.6. The van der Waals surface area contributed by atoms with Crippen LogP contribution in [0.1, 0.15) is 118 Å². The van der Waals surface area contributed by atoms with Crippen molar-refractivity contribution in [3.8, 4) is 0 Å². The largest absolute Gasteiger partial charge is 0.478 e. The molecule has 0 aliphatic carbocycles. The highest BCUT2D eigenvalue weighted by Crippen LogP contribution is 2.12. The smallest absolute Gasteiger partial charge is 0.328 e. The summed E-state index contributed by atoms with van der Waals surface area (Å²) in [6, 6.07) is 0. The van der Waals surface area contributed by atoms with Crippen molar-refractivity contribution in [2.45, 2.75) is 118 Å². The summed E-state index contributed by atoms with van der Waals surface area (Å²) in [5.41, 5.74) is 0.813. The second-order valence-electron chi connectivity index (χ2n) is 6.80. The number of hydrogen-bond donors (Lipinski definition) is 1. The van der Waals surface area contributed by atoms with Crippen molar-refractivity contribution in [1.29, 1.82) is 0 Å². The third-order valence-electron chi connectivity index (χ3n) is 3.87. The van der Waals surface area contributed by atoms with Gasteiger partial charge in [-0.15, -0.1) is 0 Å². The molecular formula is C21H42O2. The molecule has 0 radical (unpaired) electrons. The van der Waals surface area contributed by atoms with Crippen LogP contribution >= 0.6 is 0 Å². The van der Waals surface area contributed by atoms with Crippen LogP contribution in [0.3, 0.4) is 0 Å². The van der Waals surface area contributed by atoms with Crippen LogP contribution < -0.4 is 0 Å². The molecule has 2 nitrogen and oxygen atoms in total. The number of allylic oxidation sites excluding steroid dienone is 1. The fraction of sp³-hybridized carbons (Fsp3) is 0.857. The molecule has 0 saturated heterocycles. The second-order valence-corrected chi connectivity index (χ2v) is 6.80. The number of carbonyl (C=O) groups is 1. The topological polar surface area (TPSA) is 37.3 Å². The zero-order chi connectivity index (χ0) is 17.8. The molecule has 0 amide bonds. The molecule has 0 aliphatic rings. The van der Waals surface area contributed by atoms with Crippen molar-refractivity contribution in [3.63, 3.8) is 0 Å². The van der Waals surface area contributed by atoms with Crippen LogP contribution in [0.25, 0.3) is 0 Å². The minimum absolute atomic E-state index is 0.813. The molecule has 138 valence electrons. The van der Waals surface area contributed by atoms with Crippen molar-refractivity contribution in [2.24, 2.45) is 0 Å². The number of carboxylic acid groups (broad SMARTS) is 1. The van der Waals surface area contributed by atoms with Gasteiger partial charge in [-0.2, -0.15) is 0 Å². The highest BCUT2D eigenvalue weighted by atomic mass is 16.4. The van der Waals surface area contributed by atoms with Gasteiger partial charge in [-0.3, -0.25) is 0 Å². The summed E-state index contributed by atoms with van der Waals surface area (Å²) in [5.74, 6) is -0.875. The van der Waals surface area contributed by atoms with E-state index < -0.39 is 5.97 Å². The van der Waals surface area contributed by atoms with Crippen LogP contribution in [0.5, 0.6) is 0 Å². The predicted molar refractivity (Wildman–Crippen MR) is 103 cm³/mol. The molecule has 0 spiro atoms. The summed E-state index contributed by atoms with van der Waals surface area (Å²) in [4.78, 5) is 9.73. The van der Waals surface area contributed by atoms with E-state index in [0.29, 0.717) is 0 Å². The lowest BCUT2D eigenvalue weighted by atomic mass is 10.0. The van der Waals surface area contributed by atoms with Gasteiger partial charge in [0, 0.05) is 6.08 Å². The van der Waals surface area contributed by atoms with Crippen LogP contribution in [-0.2, 0) is 4.79 Å². The first kappa shape index (κ1) is 24.5. The van der Waals surface area contributed by atoms with Gasteiger partial charge < -0.3 is 5.11 Å². The van der Waals surface area contributed by atoms with E-state index in [4.69, 9.17) is 5.11 Å². The summed E-state index contributed by atoms with van der Waals surface area (Å²) in [7, 11) is 0. The maximum atomic E-state index is 9.73. The van der Waals surface area contributed by atoms with Gasteiger partial charge in [-0.1, -0.05) is 109 Å². The van der Waals surface area contributed by atoms with Crippen molar-refractivity contribution in [1.82, 2.24) is 0 Å². The van der Waals surface area contributed by atoms with Crippen LogP contribution in [0.4, 0.5) is 0 Å². The highest BCUT2D eigenvalue weighted by molar-refractivity contribution is 5.80. The molecule has 0 aromatic rings. The Balaban J connectivity index is 0. The Morgan fingerprint density at radius 2 is 0.913 bits per heavy atom. The Morgan fingerprint density at radius 1 is 0.652 bits per heavy atom. The Morgan fingerprint density at radius 3 is 1.04 bits per heavy atom. The lowest BCUT2D eigenvalue weighted by molar-refractivity contribution is -0.131. The molecule has 2 heteroatoms. The molecule has 23 heavy (non-hydrogen) atoms. The second kappa shape index (κ2) is 21.2. The van der Waals surface area contributed by atoms with E-state index in [1.54, 1.807) is 13.8 Å². The van der Waals surface area contributed by atoms with Gasteiger partial charge in [-0.25, -0.2) is 4.79 Å². The van der Waals surface area contributed by atoms with Crippen molar-refractivity contribution in [3.05, 3.63) is 11.6 Å². The SMILES string of the molecule is CC(C)=CC(=O)O.CCCCCCCCCCCCCCCC. The van der Waals surface area contributed by atoms with Gasteiger partial charge in [0.2, 0.25) is 0 Å². The van der Waals surface area contributed by atoms with E-state index in [0.717, 1.165) is 5.57 Å². The monoisotopic (exact) mass is 326 g/mol. The van der Waals surface area contributed by atoms with Crippen molar-refractivity contribution >= 4 is 5.97 Å². The Labute approximate surface area is 145 Å². The summed E-state index contributed by atoms with van der Waals surface area (Å²) in [6.45, 7) is 8.07. The zero-order valence-electron chi connectivity index (χ0n) is 16.3. The molecule has 0 fully saturated rings. The van der Waals surface area contributed by atoms with E-state index in [1.165, 1.54) is 96.0 Å². The Bertz CT molecular complexity index is 251. The average Bonchev–Trinajstić information content (AvgIpc) is 2.48. The van der Waals surface area contributed by atoms with E-state index in [2.05, 4.69) is 13.8 Å². The number of hydrogen-bond acceptors (Lipinski definition) is 1. The first-order valence-electron chi connectivity index (χ1n) is 9.92. The molecule has 0 aromatic carbocycles. The van der Waals surface area contributed by atoms with Gasteiger partial charge in [-0.05, 0) is 13.8 Å². The van der Waals surface area contributed by atoms with Crippen LogP contribution in [-0.4, -0.2) is 11.1 Å². The quantitative estimate of drug-likeness (QED) is 0.264. The zero-order valence-corrected chi connectivity index (χ0v) is 16.3. The maximum Gasteiger partial charge on any atom is 0.328 e. The molecule has 0 rings (SSSR count). The number of carboxylic acids is 1. The van der Waals surface area contributed by atoms with Crippen LogP contribution in [0.2, 0.25) is 0 Å². The summed E-state index contributed by atoms with van der Waals surface area (Å²) >= 11 is 0. The summed E-state index contributed by atoms with van der Waals surface area (Å²) in [5, 5.41) is 8.01. The molecule has 0 aromatic heterocycles. The molecule has 0 saturated carbocycles. The molecule has 0 heterocycles. The lowest BCUT2D eigenvalue weighted by Crippen LogP contribution is -1.86. The standard InChI is InChI=1S/C16H34.C5H8O2/c1-3-5-7-9-11-13-15-16-14-12-10-8-6-4-2;1-4(2)3-5(6)7/h3-16H2,1-2H3;3H,1-2H3,(H,6,7). The van der Waals surface area contributed by atoms with Gasteiger partial charge in [0.15, 0.2) is 0 Å². The Kier molecular flexibility index (Phi) is 22.6. The minimum atomic E-state index is -0.875. The van der Waals surface area contributed by atoms with Gasteiger partial charge in [0.1, 0.15) is 0 Å². The Hall–Kier alpha value is -0.790. The fourth-order valence-corrected chi connectivity index (χ4v) is 2.51. The van der Waals surface area contributed by atoms with Gasteiger partial charge >= 0.3 is 5.97 Å². The molecular weight excluding hydrogens is 284 g/mol. The predicted octanol–water partition coefficient (Wildman–Crippen LogP) is 7.52. The third kappa shape index (κ3) is 29.8. The minimum Gasteiger partial charge on any atom is -0.478 e. The van der Waals surface area contributed by atoms with Gasteiger partial charge in [0.05, 0.1) is 0 Å². The summed E-state index contributed by atoms with van der Waals surface area (Å²) < 4.78 is 0. The third-order valence-corrected chi connectivity index (χ3v) is 3.87. The molecule has 0 unspecified atom stereocenters. The van der Waals surface area contributed by atoms with E-state index in [-0.39, 0.29) is 0 Å². The number of aliphatic carboxylic acids is 1. The van der Waals surface area contributed by atoms with E-state index >= 15 is 0 Å². The molecule has 0 aliphatic heterocycles. The van der Waals surface area contributed by atoms with Crippen LogP contribution in [0, 0.1) is 0 Å². The molecule has 0 bridgehead atoms. The maximum absolute atomic E-state index is 9.73. The first-order valence-corrected chi connectivity index (χ1v) is 9.92. The molecule has 0 atom stereocenters. The highest BCUT2D eigenvalue weighted by Gasteiger charge is 1.92. The van der Waals surface area contributed by atoms with Crippen molar-refractivity contribution < 1.29 is 9.90 Å². The van der Waals surface area contributed by atoms with Crippen molar-refractivity contribution in [2.75, 3.05) is 0 Å². The molecule has 1 N–H and O–H groups in total. The van der Waals surface area contributed by atoms with Gasteiger partial charge in [0.25, 0.3) is 0 Å². The number of rotatable bonds is 14. The fourth-order valence-electron chi connectivity index (χ4n) is 2.51. The first-order chi connectivity index (χ1) is 11.0. The van der Waals surface area contributed by atoms with E-state index in [9.17, 15) is 4.79 Å².